The highest BCUT2D eigenvalue weighted by atomic mass is 35.5. The minimum Gasteiger partial charge on any atom is -0.456 e. The summed E-state index contributed by atoms with van der Waals surface area (Å²) in [5.41, 5.74) is 4.44. The SMILES string of the molecule is Cc1ccc(-n2c(C)cc(C(=O)COC(=O)CN(C)c3ccc(Cl)nn3)c2C)cc1. The molecule has 2 aromatic heterocycles. The van der Waals surface area contributed by atoms with E-state index in [4.69, 9.17) is 16.3 Å². The normalized spacial score (nSPS) is 10.7. The second-order valence-corrected chi connectivity index (χ2v) is 7.50. The summed E-state index contributed by atoms with van der Waals surface area (Å²) in [5, 5.41) is 7.90. The largest absolute Gasteiger partial charge is 0.456 e. The first kappa shape index (κ1) is 21.5. The van der Waals surface area contributed by atoms with Crippen LogP contribution in [0, 0.1) is 20.8 Å². The van der Waals surface area contributed by atoms with Crippen LogP contribution >= 0.6 is 11.6 Å². The number of halogens is 1. The van der Waals surface area contributed by atoms with Crippen molar-refractivity contribution in [2.24, 2.45) is 0 Å². The molecule has 3 rings (SSSR count). The smallest absolute Gasteiger partial charge is 0.326 e. The van der Waals surface area contributed by atoms with Crippen LogP contribution in [0.4, 0.5) is 5.82 Å². The zero-order valence-electron chi connectivity index (χ0n) is 17.3. The lowest BCUT2D eigenvalue weighted by Gasteiger charge is -2.16. The van der Waals surface area contributed by atoms with Gasteiger partial charge in [-0.3, -0.25) is 9.59 Å². The molecule has 0 aliphatic heterocycles. The number of ether oxygens (including phenoxy) is 1. The molecule has 2 heterocycles. The number of carbonyl (C=O) groups is 2. The molecule has 0 aliphatic carbocycles. The first-order valence-electron chi connectivity index (χ1n) is 9.41. The second kappa shape index (κ2) is 9.09. The monoisotopic (exact) mass is 426 g/mol. The molecule has 1 aromatic carbocycles. The Balaban J connectivity index is 1.63. The van der Waals surface area contributed by atoms with E-state index in [0.717, 1.165) is 17.1 Å². The van der Waals surface area contributed by atoms with Gasteiger partial charge in [-0.25, -0.2) is 0 Å². The van der Waals surface area contributed by atoms with Crippen molar-refractivity contribution in [1.82, 2.24) is 14.8 Å². The third kappa shape index (κ3) is 4.86. The fourth-order valence-electron chi connectivity index (χ4n) is 3.19. The molecule has 8 heteroatoms. The first-order valence-corrected chi connectivity index (χ1v) is 9.79. The Hall–Kier alpha value is -3.19. The minimum atomic E-state index is -0.532. The number of carbonyl (C=O) groups excluding carboxylic acids is 2. The highest BCUT2D eigenvalue weighted by Gasteiger charge is 2.19. The number of ketones is 1. The van der Waals surface area contributed by atoms with Crippen molar-refractivity contribution in [3.8, 4) is 5.69 Å². The number of aryl methyl sites for hydroxylation is 2. The number of likely N-dealkylation sites (N-methyl/N-ethyl adjacent to an activating group) is 1. The van der Waals surface area contributed by atoms with Gasteiger partial charge in [-0.1, -0.05) is 29.3 Å². The highest BCUT2D eigenvalue weighted by molar-refractivity contribution is 6.29. The molecule has 0 radical (unpaired) electrons. The summed E-state index contributed by atoms with van der Waals surface area (Å²) in [7, 11) is 1.68. The number of rotatable bonds is 7. The fourth-order valence-corrected chi connectivity index (χ4v) is 3.29. The summed E-state index contributed by atoms with van der Waals surface area (Å²) in [6.45, 7) is 5.47. The Morgan fingerprint density at radius 1 is 1.07 bits per heavy atom. The summed E-state index contributed by atoms with van der Waals surface area (Å²) >= 11 is 5.71. The molecule has 0 amide bonds. The molecule has 0 atom stereocenters. The predicted molar refractivity (Wildman–Crippen MR) is 116 cm³/mol. The van der Waals surface area contributed by atoms with Crippen molar-refractivity contribution in [3.63, 3.8) is 0 Å². The van der Waals surface area contributed by atoms with E-state index in [1.54, 1.807) is 24.1 Å². The molecule has 3 aromatic rings. The van der Waals surface area contributed by atoms with Gasteiger partial charge in [0.1, 0.15) is 6.54 Å². The summed E-state index contributed by atoms with van der Waals surface area (Å²) in [5.74, 6) is -0.303. The lowest BCUT2D eigenvalue weighted by atomic mass is 10.1. The van der Waals surface area contributed by atoms with Crippen molar-refractivity contribution < 1.29 is 14.3 Å². The van der Waals surface area contributed by atoms with Crippen LogP contribution in [0.15, 0.2) is 42.5 Å². The van der Waals surface area contributed by atoms with Gasteiger partial charge in [-0.15, -0.1) is 10.2 Å². The molecule has 30 heavy (non-hydrogen) atoms. The van der Waals surface area contributed by atoms with Gasteiger partial charge in [0, 0.05) is 29.7 Å². The first-order chi connectivity index (χ1) is 14.3. The van der Waals surface area contributed by atoms with E-state index in [2.05, 4.69) is 10.2 Å². The lowest BCUT2D eigenvalue weighted by molar-refractivity contribution is -0.140. The molecule has 7 nitrogen and oxygen atoms in total. The summed E-state index contributed by atoms with van der Waals surface area (Å²) in [6.07, 6.45) is 0. The number of aromatic nitrogens is 3. The van der Waals surface area contributed by atoms with E-state index >= 15 is 0 Å². The number of hydrogen-bond donors (Lipinski definition) is 0. The van der Waals surface area contributed by atoms with Gasteiger partial charge in [-0.05, 0) is 51.1 Å². The van der Waals surface area contributed by atoms with E-state index < -0.39 is 5.97 Å². The highest BCUT2D eigenvalue weighted by Crippen LogP contribution is 2.21. The maximum Gasteiger partial charge on any atom is 0.326 e. The van der Waals surface area contributed by atoms with Crippen LogP contribution in [-0.4, -0.2) is 46.7 Å². The second-order valence-electron chi connectivity index (χ2n) is 7.11. The van der Waals surface area contributed by atoms with Gasteiger partial charge >= 0.3 is 5.97 Å². The molecule has 0 spiro atoms. The van der Waals surface area contributed by atoms with Crippen molar-refractivity contribution in [2.45, 2.75) is 20.8 Å². The van der Waals surface area contributed by atoms with Gasteiger partial charge in [0.05, 0.1) is 0 Å². The predicted octanol–water partition coefficient (Wildman–Crippen LogP) is 3.71. The Morgan fingerprint density at radius 3 is 2.40 bits per heavy atom. The topological polar surface area (TPSA) is 77.3 Å². The molecule has 0 unspecified atom stereocenters. The molecular formula is C22H23ClN4O3. The maximum atomic E-state index is 12.7. The van der Waals surface area contributed by atoms with Crippen LogP contribution < -0.4 is 4.90 Å². The van der Waals surface area contributed by atoms with Crippen molar-refractivity contribution in [3.05, 3.63) is 70.1 Å². The van der Waals surface area contributed by atoms with Crippen LogP contribution in [-0.2, 0) is 9.53 Å². The summed E-state index contributed by atoms with van der Waals surface area (Å²) in [6, 6.07) is 13.1. The van der Waals surface area contributed by atoms with Gasteiger partial charge in [0.2, 0.25) is 5.78 Å². The number of Topliss-reactive ketones (excluding diaryl/α,β-unsaturated/α-hetero) is 1. The molecule has 0 fully saturated rings. The van der Waals surface area contributed by atoms with Gasteiger partial charge in [0.15, 0.2) is 17.6 Å². The molecule has 0 saturated carbocycles. The number of benzene rings is 1. The minimum absolute atomic E-state index is 0.0635. The summed E-state index contributed by atoms with van der Waals surface area (Å²) in [4.78, 5) is 26.4. The van der Waals surface area contributed by atoms with E-state index in [1.807, 2.05) is 55.7 Å². The quantitative estimate of drug-likeness (QED) is 0.423. The average molecular weight is 427 g/mol. The Bertz CT molecular complexity index is 1060. The van der Waals surface area contributed by atoms with Gasteiger partial charge < -0.3 is 14.2 Å². The Labute approximate surface area is 180 Å². The number of hydrogen-bond acceptors (Lipinski definition) is 6. The van der Waals surface area contributed by atoms with Crippen LogP contribution in [0.2, 0.25) is 5.15 Å². The third-order valence-corrected chi connectivity index (χ3v) is 4.96. The van der Waals surface area contributed by atoms with Crippen molar-refractivity contribution >= 4 is 29.2 Å². The van der Waals surface area contributed by atoms with Crippen LogP contribution in [0.3, 0.4) is 0 Å². The third-order valence-electron chi connectivity index (χ3n) is 4.76. The van der Waals surface area contributed by atoms with E-state index in [9.17, 15) is 9.59 Å². The van der Waals surface area contributed by atoms with Crippen LogP contribution in [0.5, 0.6) is 0 Å². The number of esters is 1. The molecule has 0 N–H and O–H groups in total. The maximum absolute atomic E-state index is 12.7. The van der Waals surface area contributed by atoms with Crippen LogP contribution in [0.25, 0.3) is 5.69 Å². The van der Waals surface area contributed by atoms with Crippen molar-refractivity contribution in [2.75, 3.05) is 25.1 Å². The zero-order valence-corrected chi connectivity index (χ0v) is 18.1. The molecule has 156 valence electrons. The Morgan fingerprint density at radius 2 is 1.77 bits per heavy atom. The van der Waals surface area contributed by atoms with E-state index in [1.165, 1.54) is 5.56 Å². The Kier molecular flexibility index (Phi) is 6.52. The molecule has 0 saturated heterocycles. The molecule has 0 bridgehead atoms. The summed E-state index contributed by atoms with van der Waals surface area (Å²) < 4.78 is 7.20. The number of anilines is 1. The van der Waals surface area contributed by atoms with E-state index in [0.29, 0.717) is 11.4 Å². The number of nitrogens with zero attached hydrogens (tertiary/aromatic N) is 4. The molecule has 0 aliphatic rings. The average Bonchev–Trinajstić information content (AvgIpc) is 3.01. The fraction of sp³-hybridized carbons (Fsp3) is 0.273. The van der Waals surface area contributed by atoms with Crippen LogP contribution in [0.1, 0.15) is 27.3 Å². The standard InChI is InChI=1S/C22H23ClN4O3/c1-14-5-7-17(8-6-14)27-15(2)11-18(16(27)3)19(28)13-30-22(29)12-26(4)21-10-9-20(23)24-25-21/h5-11H,12-13H2,1-4H3. The zero-order chi connectivity index (χ0) is 21.8. The molecular weight excluding hydrogens is 404 g/mol. The van der Waals surface area contributed by atoms with Crippen molar-refractivity contribution in [1.29, 1.82) is 0 Å². The van der Waals surface area contributed by atoms with E-state index in [-0.39, 0.29) is 24.1 Å². The van der Waals surface area contributed by atoms with Gasteiger partial charge in [-0.2, -0.15) is 0 Å². The van der Waals surface area contributed by atoms with Gasteiger partial charge in [0.25, 0.3) is 0 Å². The lowest BCUT2D eigenvalue weighted by Crippen LogP contribution is -2.29.